The molecule has 0 spiro atoms. The van der Waals surface area contributed by atoms with Crippen LogP contribution >= 0.6 is 11.3 Å². The summed E-state index contributed by atoms with van der Waals surface area (Å²) in [6.45, 7) is 2.03. The van der Waals surface area contributed by atoms with Crippen molar-refractivity contribution in [2.24, 2.45) is 0 Å². The van der Waals surface area contributed by atoms with Crippen LogP contribution in [0.4, 0.5) is 0 Å². The number of rotatable bonds is 5. The van der Waals surface area contributed by atoms with Crippen LogP contribution in [0.2, 0.25) is 0 Å². The molecule has 2 rings (SSSR count). The summed E-state index contributed by atoms with van der Waals surface area (Å²) in [6.07, 6.45) is 0.0853. The number of hydrogen-bond donors (Lipinski definition) is 1. The van der Waals surface area contributed by atoms with Gasteiger partial charge in [0.15, 0.2) is 11.5 Å². The minimum Gasteiger partial charge on any atom is -0.493 e. The Balaban J connectivity index is 2.17. The maximum atomic E-state index is 10.3. The van der Waals surface area contributed by atoms with E-state index in [0.717, 1.165) is 16.0 Å². The van der Waals surface area contributed by atoms with E-state index in [1.54, 1.807) is 25.6 Å². The molecular formula is C15H18O3S. The van der Waals surface area contributed by atoms with Gasteiger partial charge < -0.3 is 14.6 Å². The minimum absolute atomic E-state index is 0.482. The predicted molar refractivity (Wildman–Crippen MR) is 77.3 cm³/mol. The molecule has 1 heterocycles. The summed E-state index contributed by atoms with van der Waals surface area (Å²) in [6, 6.07) is 7.70. The first-order valence-corrected chi connectivity index (χ1v) is 6.96. The Labute approximate surface area is 117 Å². The first-order valence-electron chi connectivity index (χ1n) is 6.08. The fraction of sp³-hybridized carbons (Fsp3) is 0.333. The van der Waals surface area contributed by atoms with Crippen LogP contribution in [0.15, 0.2) is 29.6 Å². The average molecular weight is 278 g/mol. The van der Waals surface area contributed by atoms with Crippen LogP contribution in [0.1, 0.15) is 22.1 Å². The number of aliphatic hydroxyl groups excluding tert-OH is 1. The van der Waals surface area contributed by atoms with Gasteiger partial charge in [-0.05, 0) is 41.6 Å². The summed E-state index contributed by atoms with van der Waals surface area (Å²) in [4.78, 5) is 1.16. The van der Waals surface area contributed by atoms with Gasteiger partial charge in [0.25, 0.3) is 0 Å². The molecule has 0 aliphatic carbocycles. The lowest BCUT2D eigenvalue weighted by Crippen LogP contribution is -2.02. The Morgan fingerprint density at radius 2 is 1.89 bits per heavy atom. The largest absolute Gasteiger partial charge is 0.493 e. The number of aliphatic hydroxyl groups is 1. The maximum absolute atomic E-state index is 10.3. The summed E-state index contributed by atoms with van der Waals surface area (Å²) in [5, 5.41) is 12.3. The van der Waals surface area contributed by atoms with E-state index in [-0.39, 0.29) is 0 Å². The van der Waals surface area contributed by atoms with Crippen LogP contribution in [0.5, 0.6) is 11.5 Å². The second-order valence-corrected chi connectivity index (χ2v) is 5.46. The maximum Gasteiger partial charge on any atom is 0.160 e. The Morgan fingerprint density at radius 3 is 2.47 bits per heavy atom. The molecule has 1 unspecified atom stereocenters. The van der Waals surface area contributed by atoms with E-state index in [0.29, 0.717) is 17.9 Å². The van der Waals surface area contributed by atoms with Gasteiger partial charge >= 0.3 is 0 Å². The molecular weight excluding hydrogens is 260 g/mol. The second kappa shape index (κ2) is 6.08. The van der Waals surface area contributed by atoms with Crippen molar-refractivity contribution in [2.75, 3.05) is 14.2 Å². The second-order valence-electron chi connectivity index (χ2n) is 4.34. The molecule has 1 N–H and O–H groups in total. The molecule has 2 aromatic rings. The summed E-state index contributed by atoms with van der Waals surface area (Å²) >= 11 is 1.65. The number of ether oxygens (including phenoxy) is 2. The monoisotopic (exact) mass is 278 g/mol. The van der Waals surface area contributed by atoms with Gasteiger partial charge in [0, 0.05) is 11.3 Å². The van der Waals surface area contributed by atoms with E-state index in [2.05, 4.69) is 0 Å². The van der Waals surface area contributed by atoms with Crippen LogP contribution in [-0.2, 0) is 6.42 Å². The highest BCUT2D eigenvalue weighted by Gasteiger charge is 2.13. The number of benzene rings is 1. The molecule has 0 aliphatic rings. The molecule has 0 bridgehead atoms. The van der Waals surface area contributed by atoms with E-state index in [1.807, 2.05) is 36.6 Å². The van der Waals surface area contributed by atoms with Gasteiger partial charge in [-0.1, -0.05) is 6.07 Å². The first-order chi connectivity index (χ1) is 9.15. The third-order valence-electron chi connectivity index (χ3n) is 3.13. The molecule has 0 fully saturated rings. The number of methoxy groups -OCH3 is 2. The van der Waals surface area contributed by atoms with Crippen molar-refractivity contribution in [3.05, 3.63) is 45.6 Å². The summed E-state index contributed by atoms with van der Waals surface area (Å²) in [5.74, 6) is 1.39. The standard InChI is InChI=1S/C15H18O3S/c1-10-12(6-7-19-10)13(16)8-11-4-5-14(17-2)15(9-11)18-3/h4-7,9,13,16H,8H2,1-3H3. The Bertz CT molecular complexity index is 548. The molecule has 0 aliphatic heterocycles. The zero-order chi connectivity index (χ0) is 13.8. The smallest absolute Gasteiger partial charge is 0.160 e. The molecule has 1 aromatic heterocycles. The van der Waals surface area contributed by atoms with Crippen molar-refractivity contribution in [3.63, 3.8) is 0 Å². The molecule has 3 nitrogen and oxygen atoms in total. The highest BCUT2D eigenvalue weighted by Crippen LogP contribution is 2.30. The van der Waals surface area contributed by atoms with E-state index in [4.69, 9.17) is 9.47 Å². The highest BCUT2D eigenvalue weighted by atomic mass is 32.1. The van der Waals surface area contributed by atoms with Crippen LogP contribution < -0.4 is 9.47 Å². The van der Waals surface area contributed by atoms with Crippen molar-refractivity contribution in [1.29, 1.82) is 0 Å². The molecule has 0 radical (unpaired) electrons. The van der Waals surface area contributed by atoms with Crippen molar-refractivity contribution in [3.8, 4) is 11.5 Å². The van der Waals surface area contributed by atoms with Crippen LogP contribution in [0.3, 0.4) is 0 Å². The van der Waals surface area contributed by atoms with Crippen molar-refractivity contribution in [1.82, 2.24) is 0 Å². The summed E-state index contributed by atoms with van der Waals surface area (Å²) < 4.78 is 10.5. The summed E-state index contributed by atoms with van der Waals surface area (Å²) in [7, 11) is 3.22. The number of thiophene rings is 1. The lowest BCUT2D eigenvalue weighted by Gasteiger charge is -2.13. The van der Waals surface area contributed by atoms with E-state index in [1.165, 1.54) is 0 Å². The zero-order valence-electron chi connectivity index (χ0n) is 11.3. The van der Waals surface area contributed by atoms with E-state index in [9.17, 15) is 5.11 Å². The summed E-state index contributed by atoms with van der Waals surface area (Å²) in [5.41, 5.74) is 2.02. The molecule has 0 amide bonds. The van der Waals surface area contributed by atoms with Gasteiger partial charge in [-0.25, -0.2) is 0 Å². The molecule has 1 atom stereocenters. The van der Waals surface area contributed by atoms with E-state index >= 15 is 0 Å². The number of aryl methyl sites for hydroxylation is 1. The van der Waals surface area contributed by atoms with Crippen LogP contribution in [0.25, 0.3) is 0 Å². The van der Waals surface area contributed by atoms with Crippen LogP contribution in [-0.4, -0.2) is 19.3 Å². The van der Waals surface area contributed by atoms with Gasteiger partial charge in [0.2, 0.25) is 0 Å². The Morgan fingerprint density at radius 1 is 1.16 bits per heavy atom. The molecule has 0 saturated heterocycles. The Kier molecular flexibility index (Phi) is 4.45. The van der Waals surface area contributed by atoms with Gasteiger partial charge in [0.05, 0.1) is 20.3 Å². The van der Waals surface area contributed by atoms with Crippen molar-refractivity contribution < 1.29 is 14.6 Å². The third kappa shape index (κ3) is 3.08. The van der Waals surface area contributed by atoms with E-state index < -0.39 is 6.10 Å². The molecule has 19 heavy (non-hydrogen) atoms. The predicted octanol–water partition coefficient (Wildman–Crippen LogP) is 3.35. The normalized spacial score (nSPS) is 12.2. The topological polar surface area (TPSA) is 38.7 Å². The fourth-order valence-electron chi connectivity index (χ4n) is 2.08. The van der Waals surface area contributed by atoms with Crippen LogP contribution in [0, 0.1) is 6.92 Å². The molecule has 4 heteroatoms. The van der Waals surface area contributed by atoms with Gasteiger partial charge in [0.1, 0.15) is 0 Å². The zero-order valence-corrected chi connectivity index (χ0v) is 12.2. The highest BCUT2D eigenvalue weighted by molar-refractivity contribution is 7.10. The van der Waals surface area contributed by atoms with Crippen molar-refractivity contribution in [2.45, 2.75) is 19.4 Å². The molecule has 0 saturated carbocycles. The number of hydrogen-bond acceptors (Lipinski definition) is 4. The SMILES string of the molecule is COc1ccc(CC(O)c2ccsc2C)cc1OC. The van der Waals surface area contributed by atoms with Gasteiger partial charge in [-0.15, -0.1) is 11.3 Å². The fourth-order valence-corrected chi connectivity index (χ4v) is 2.84. The van der Waals surface area contributed by atoms with Gasteiger partial charge in [-0.3, -0.25) is 0 Å². The third-order valence-corrected chi connectivity index (χ3v) is 4.00. The first kappa shape index (κ1) is 13.9. The van der Waals surface area contributed by atoms with Crippen molar-refractivity contribution >= 4 is 11.3 Å². The lowest BCUT2D eigenvalue weighted by molar-refractivity contribution is 0.178. The van der Waals surface area contributed by atoms with Gasteiger partial charge in [-0.2, -0.15) is 0 Å². The lowest BCUT2D eigenvalue weighted by atomic mass is 10.0. The Hall–Kier alpha value is -1.52. The molecule has 1 aromatic carbocycles. The minimum atomic E-state index is -0.482. The molecule has 102 valence electrons. The average Bonchev–Trinajstić information content (AvgIpc) is 2.85. The quantitative estimate of drug-likeness (QED) is 0.911.